The van der Waals surface area contributed by atoms with Gasteiger partial charge in [-0.1, -0.05) is 78.3 Å². The zero-order valence-corrected chi connectivity index (χ0v) is 24.7. The highest BCUT2D eigenvalue weighted by atomic mass is 79.9. The second-order valence-corrected chi connectivity index (χ2v) is 12.4. The number of ether oxygens (including phenoxy) is 1. The molecule has 8 heteroatoms. The van der Waals surface area contributed by atoms with E-state index in [2.05, 4.69) is 21.2 Å². The molecular formula is C33H31BrN2O5. The maximum Gasteiger partial charge on any atom is 0.329 e. The number of benzene rings is 3. The van der Waals surface area contributed by atoms with Gasteiger partial charge in [0, 0.05) is 22.0 Å². The number of amides is 3. The van der Waals surface area contributed by atoms with Gasteiger partial charge in [0.15, 0.2) is 6.61 Å². The summed E-state index contributed by atoms with van der Waals surface area (Å²) in [5, 5.41) is 2.73. The Morgan fingerprint density at radius 2 is 1.39 bits per heavy atom. The van der Waals surface area contributed by atoms with E-state index in [9.17, 15) is 19.2 Å². The number of hydrogen-bond acceptors (Lipinski definition) is 5. The predicted molar refractivity (Wildman–Crippen MR) is 157 cm³/mol. The Balaban J connectivity index is 1.26. The molecule has 2 bridgehead atoms. The number of likely N-dealkylation sites (tertiary alicyclic amines) is 1. The van der Waals surface area contributed by atoms with Gasteiger partial charge < -0.3 is 10.1 Å². The number of halogens is 1. The minimum atomic E-state index is -1.10. The van der Waals surface area contributed by atoms with E-state index in [0.717, 1.165) is 37.2 Å². The summed E-state index contributed by atoms with van der Waals surface area (Å²) in [4.78, 5) is 55.5. The first-order valence-electron chi connectivity index (χ1n) is 13.9. The van der Waals surface area contributed by atoms with E-state index in [4.69, 9.17) is 4.74 Å². The van der Waals surface area contributed by atoms with Crippen molar-refractivity contribution in [1.82, 2.24) is 4.90 Å². The third-order valence-corrected chi connectivity index (χ3v) is 9.44. The van der Waals surface area contributed by atoms with Crippen LogP contribution in [0.3, 0.4) is 0 Å². The smallest absolute Gasteiger partial charge is 0.329 e. The molecule has 3 atom stereocenters. The molecular weight excluding hydrogens is 584 g/mol. The Hall–Kier alpha value is -3.78. The quantitative estimate of drug-likeness (QED) is 0.278. The van der Waals surface area contributed by atoms with Gasteiger partial charge in [-0.05, 0) is 65.3 Å². The van der Waals surface area contributed by atoms with E-state index in [0.29, 0.717) is 5.69 Å². The van der Waals surface area contributed by atoms with Gasteiger partial charge in [-0.2, -0.15) is 0 Å². The van der Waals surface area contributed by atoms with Crippen LogP contribution in [0.4, 0.5) is 5.69 Å². The van der Waals surface area contributed by atoms with Crippen LogP contribution in [0.5, 0.6) is 0 Å². The van der Waals surface area contributed by atoms with Gasteiger partial charge in [-0.15, -0.1) is 0 Å². The van der Waals surface area contributed by atoms with Crippen LogP contribution in [-0.2, 0) is 23.9 Å². The summed E-state index contributed by atoms with van der Waals surface area (Å²) < 4.78 is 6.36. The second-order valence-electron chi connectivity index (χ2n) is 11.6. The lowest BCUT2D eigenvalue weighted by atomic mass is 9.55. The Morgan fingerprint density at radius 1 is 0.878 bits per heavy atom. The first kappa shape index (κ1) is 27.4. The van der Waals surface area contributed by atoms with Gasteiger partial charge in [0.2, 0.25) is 11.8 Å². The first-order valence-corrected chi connectivity index (χ1v) is 14.7. The molecule has 1 N–H and O–H groups in total. The topological polar surface area (TPSA) is 92.8 Å². The highest BCUT2D eigenvalue weighted by Crippen LogP contribution is 2.61. The number of imide groups is 1. The normalized spacial score (nSPS) is 22.7. The maximum atomic E-state index is 14.1. The standard InChI is InChI=1S/C33H31BrN2O5/c1-17(2)14-25(33(40)41-16-26(37)35-19-12-13-24(34)18(3)15-19)36-31(38)29-27-20-8-4-5-9-21(20)28(30(29)32(36)39)23-11-7-6-10-22(23)27/h4-13,15,17,25,27-30H,14,16H2,1-3H3,(H,35,37)/t25-,27?,28?,29+,30+/m0/s1. The molecule has 1 saturated heterocycles. The van der Waals surface area contributed by atoms with Gasteiger partial charge in [0.05, 0.1) is 11.8 Å². The van der Waals surface area contributed by atoms with E-state index in [-0.39, 0.29) is 36.0 Å². The summed E-state index contributed by atoms with van der Waals surface area (Å²) in [5.41, 5.74) is 5.81. The molecule has 4 aliphatic rings. The fraction of sp³-hybridized carbons (Fsp3) is 0.333. The lowest BCUT2D eigenvalue weighted by molar-refractivity contribution is -0.160. The summed E-state index contributed by atoms with van der Waals surface area (Å²) in [7, 11) is 0. The van der Waals surface area contributed by atoms with E-state index >= 15 is 0 Å². The summed E-state index contributed by atoms with van der Waals surface area (Å²) in [6, 6.07) is 20.3. The van der Waals surface area contributed by atoms with Crippen molar-refractivity contribution in [3.05, 3.63) is 99.0 Å². The number of aryl methyl sites for hydroxylation is 1. The van der Waals surface area contributed by atoms with Crippen LogP contribution in [0.15, 0.2) is 71.2 Å². The number of nitrogens with one attached hydrogen (secondary N) is 1. The van der Waals surface area contributed by atoms with Gasteiger partial charge in [0.25, 0.3) is 5.91 Å². The average molecular weight is 616 g/mol. The molecule has 7 rings (SSSR count). The summed E-state index contributed by atoms with van der Waals surface area (Å²) in [6.45, 7) is 5.24. The lowest BCUT2D eigenvalue weighted by Crippen LogP contribution is -2.47. The monoisotopic (exact) mass is 614 g/mol. The fourth-order valence-electron chi connectivity index (χ4n) is 6.91. The van der Waals surface area contributed by atoms with E-state index in [1.807, 2.05) is 75.4 Å². The number of hydrogen-bond donors (Lipinski definition) is 1. The highest BCUT2D eigenvalue weighted by Gasteiger charge is 2.63. The zero-order chi connectivity index (χ0) is 29.0. The Morgan fingerprint density at radius 3 is 1.85 bits per heavy atom. The predicted octanol–water partition coefficient (Wildman–Crippen LogP) is 5.55. The van der Waals surface area contributed by atoms with Crippen LogP contribution in [0.25, 0.3) is 0 Å². The number of carbonyl (C=O) groups is 4. The van der Waals surface area contributed by atoms with Crippen LogP contribution in [0.1, 0.15) is 59.9 Å². The molecule has 3 amide bonds. The molecule has 3 aliphatic carbocycles. The van der Waals surface area contributed by atoms with Crippen LogP contribution in [0, 0.1) is 24.7 Å². The molecule has 3 aromatic rings. The van der Waals surface area contributed by atoms with Crippen LogP contribution in [0.2, 0.25) is 0 Å². The first-order chi connectivity index (χ1) is 19.7. The summed E-state index contributed by atoms with van der Waals surface area (Å²) >= 11 is 3.43. The Bertz CT molecular complexity index is 1470. The summed E-state index contributed by atoms with van der Waals surface area (Å²) in [6.07, 6.45) is 0.249. The van der Waals surface area contributed by atoms with Gasteiger partial charge in [-0.25, -0.2) is 4.79 Å². The van der Waals surface area contributed by atoms with Crippen molar-refractivity contribution in [3.8, 4) is 0 Å². The number of esters is 1. The van der Waals surface area contributed by atoms with Crippen molar-refractivity contribution in [2.24, 2.45) is 17.8 Å². The maximum absolute atomic E-state index is 14.1. The van der Waals surface area contributed by atoms with Crippen molar-refractivity contribution in [3.63, 3.8) is 0 Å². The largest absolute Gasteiger partial charge is 0.454 e. The summed E-state index contributed by atoms with van der Waals surface area (Å²) in [5.74, 6) is -3.59. The van der Waals surface area contributed by atoms with E-state index in [1.165, 1.54) is 0 Å². The van der Waals surface area contributed by atoms with Crippen molar-refractivity contribution >= 4 is 45.3 Å². The van der Waals surface area contributed by atoms with Crippen molar-refractivity contribution in [2.45, 2.75) is 45.1 Å². The van der Waals surface area contributed by atoms with E-state index in [1.54, 1.807) is 12.1 Å². The van der Waals surface area contributed by atoms with Gasteiger partial charge in [-0.3, -0.25) is 19.3 Å². The fourth-order valence-corrected chi connectivity index (χ4v) is 7.16. The SMILES string of the molecule is Cc1cc(NC(=O)COC(=O)[C@H](CC(C)C)N2C(=O)[C@@H]3C4c5ccccc5C(c5ccccc54)[C@H]3C2=O)ccc1Br. The van der Waals surface area contributed by atoms with Gasteiger partial charge in [0.1, 0.15) is 6.04 Å². The van der Waals surface area contributed by atoms with E-state index < -0.39 is 36.4 Å². The second kappa shape index (κ2) is 10.6. The molecule has 41 heavy (non-hydrogen) atoms. The molecule has 0 aromatic heterocycles. The molecule has 0 unspecified atom stereocenters. The molecule has 3 aromatic carbocycles. The van der Waals surface area contributed by atoms with Crippen LogP contribution < -0.4 is 5.32 Å². The third-order valence-electron chi connectivity index (χ3n) is 8.55. The molecule has 1 aliphatic heterocycles. The molecule has 1 fully saturated rings. The minimum absolute atomic E-state index is 0.00135. The Kier molecular flexibility index (Phi) is 7.06. The van der Waals surface area contributed by atoms with Gasteiger partial charge >= 0.3 is 5.97 Å². The minimum Gasteiger partial charge on any atom is -0.454 e. The molecule has 210 valence electrons. The number of carbonyl (C=O) groups excluding carboxylic acids is 4. The zero-order valence-electron chi connectivity index (χ0n) is 23.1. The van der Waals surface area contributed by atoms with Crippen molar-refractivity contribution in [2.75, 3.05) is 11.9 Å². The van der Waals surface area contributed by atoms with Crippen LogP contribution >= 0.6 is 15.9 Å². The molecule has 0 spiro atoms. The number of anilines is 1. The van der Waals surface area contributed by atoms with Crippen LogP contribution in [-0.4, -0.2) is 41.2 Å². The molecule has 1 heterocycles. The average Bonchev–Trinajstić information content (AvgIpc) is 3.22. The third kappa shape index (κ3) is 4.58. The molecule has 7 nitrogen and oxygen atoms in total. The van der Waals surface area contributed by atoms with Crippen molar-refractivity contribution in [1.29, 1.82) is 0 Å². The number of rotatable bonds is 7. The molecule has 0 radical (unpaired) electrons. The Labute approximate surface area is 247 Å². The van der Waals surface area contributed by atoms with Crippen molar-refractivity contribution < 1.29 is 23.9 Å². The lowest BCUT2D eigenvalue weighted by Gasteiger charge is -2.45. The highest BCUT2D eigenvalue weighted by molar-refractivity contribution is 9.10. The number of nitrogens with zero attached hydrogens (tertiary/aromatic N) is 1. The molecule has 0 saturated carbocycles.